The van der Waals surface area contributed by atoms with E-state index in [1.54, 1.807) is 21.3 Å². The van der Waals surface area contributed by atoms with E-state index in [1.165, 1.54) is 5.39 Å². The van der Waals surface area contributed by atoms with Gasteiger partial charge in [-0.1, -0.05) is 30.3 Å². The van der Waals surface area contributed by atoms with Crippen molar-refractivity contribution in [3.8, 4) is 11.5 Å². The van der Waals surface area contributed by atoms with Crippen LogP contribution in [0.1, 0.15) is 11.3 Å². The number of hydrogen-bond donors (Lipinski definition) is 2. The fourth-order valence-corrected chi connectivity index (χ4v) is 2.89. The molecule has 6 nitrogen and oxygen atoms in total. The van der Waals surface area contributed by atoms with E-state index >= 15 is 0 Å². The number of hydrogen-bond acceptors (Lipinski definition) is 4. The lowest BCUT2D eigenvalue weighted by Crippen LogP contribution is -2.36. The number of aliphatic imine (C=N–C) groups is 1. The lowest BCUT2D eigenvalue weighted by molar-refractivity contribution is 0.354. The van der Waals surface area contributed by atoms with Crippen LogP contribution in [-0.2, 0) is 13.1 Å². The molecule has 27 heavy (non-hydrogen) atoms. The quantitative estimate of drug-likeness (QED) is 0.520. The minimum atomic E-state index is 0.590. The molecule has 3 aromatic rings. The van der Waals surface area contributed by atoms with Crippen molar-refractivity contribution < 1.29 is 9.47 Å². The largest absolute Gasteiger partial charge is 0.493 e. The van der Waals surface area contributed by atoms with Gasteiger partial charge in [0.05, 0.1) is 26.5 Å². The molecule has 0 bridgehead atoms. The van der Waals surface area contributed by atoms with Crippen LogP contribution in [-0.4, -0.2) is 32.2 Å². The number of nitrogens with zero attached hydrogens (tertiary/aromatic N) is 2. The molecule has 6 heteroatoms. The second-order valence-corrected chi connectivity index (χ2v) is 5.95. The van der Waals surface area contributed by atoms with E-state index in [9.17, 15) is 0 Å². The lowest BCUT2D eigenvalue weighted by atomic mass is 10.1. The van der Waals surface area contributed by atoms with Gasteiger partial charge in [-0.05, 0) is 29.1 Å². The van der Waals surface area contributed by atoms with Gasteiger partial charge in [-0.25, -0.2) is 0 Å². The maximum atomic E-state index is 5.35. The van der Waals surface area contributed by atoms with Gasteiger partial charge in [-0.15, -0.1) is 0 Å². The minimum Gasteiger partial charge on any atom is -0.493 e. The van der Waals surface area contributed by atoms with Gasteiger partial charge in [0.15, 0.2) is 17.5 Å². The Hall–Kier alpha value is -3.28. The molecule has 0 unspecified atom stereocenters. The standard InChI is InChI=1S/C21H24N4O2/c1-22-21(24-13-15-8-9-19(26-2)20(12-15)27-3)25-14-18-17-7-5-4-6-16(17)10-11-23-18/h4-12H,13-14H2,1-3H3,(H2,22,24,25). The van der Waals surface area contributed by atoms with Crippen molar-refractivity contribution in [2.45, 2.75) is 13.1 Å². The number of benzene rings is 2. The Kier molecular flexibility index (Phi) is 6.10. The molecule has 0 aliphatic heterocycles. The lowest BCUT2D eigenvalue weighted by Gasteiger charge is -2.14. The van der Waals surface area contributed by atoms with E-state index in [0.29, 0.717) is 30.5 Å². The Morgan fingerprint density at radius 2 is 1.74 bits per heavy atom. The van der Waals surface area contributed by atoms with Gasteiger partial charge in [-0.2, -0.15) is 0 Å². The molecule has 2 N–H and O–H groups in total. The van der Waals surface area contributed by atoms with Crippen molar-refractivity contribution in [2.24, 2.45) is 4.99 Å². The molecule has 140 valence electrons. The summed E-state index contributed by atoms with van der Waals surface area (Å²) in [5.41, 5.74) is 2.06. The Bertz CT molecular complexity index is 935. The highest BCUT2D eigenvalue weighted by Gasteiger charge is 2.06. The maximum absolute atomic E-state index is 5.35. The van der Waals surface area contributed by atoms with Gasteiger partial charge < -0.3 is 20.1 Å². The van der Waals surface area contributed by atoms with Crippen molar-refractivity contribution in [3.05, 3.63) is 66.0 Å². The van der Waals surface area contributed by atoms with Crippen LogP contribution in [0.2, 0.25) is 0 Å². The first kappa shape index (κ1) is 18.5. The summed E-state index contributed by atoms with van der Waals surface area (Å²) < 4.78 is 10.6. The number of aromatic nitrogens is 1. The number of ether oxygens (including phenoxy) is 2. The molecule has 2 aromatic carbocycles. The zero-order valence-electron chi connectivity index (χ0n) is 15.8. The summed E-state index contributed by atoms with van der Waals surface area (Å²) in [6.45, 7) is 1.20. The number of pyridine rings is 1. The molecular formula is C21H24N4O2. The predicted molar refractivity (Wildman–Crippen MR) is 108 cm³/mol. The fraction of sp³-hybridized carbons (Fsp3) is 0.238. The number of methoxy groups -OCH3 is 2. The van der Waals surface area contributed by atoms with E-state index in [2.05, 4.69) is 32.7 Å². The smallest absolute Gasteiger partial charge is 0.191 e. The first-order chi connectivity index (χ1) is 13.2. The third-order valence-electron chi connectivity index (χ3n) is 4.31. The van der Waals surface area contributed by atoms with Crippen LogP contribution in [0.5, 0.6) is 11.5 Å². The predicted octanol–water partition coefficient (Wildman–Crippen LogP) is 3.12. The maximum Gasteiger partial charge on any atom is 0.191 e. The highest BCUT2D eigenvalue weighted by Crippen LogP contribution is 2.27. The SMILES string of the molecule is CN=C(NCc1ccc(OC)c(OC)c1)NCc1nccc2ccccc12. The molecule has 0 aliphatic carbocycles. The zero-order chi connectivity index (χ0) is 19.1. The number of nitrogens with one attached hydrogen (secondary N) is 2. The molecule has 0 aliphatic rings. The molecule has 0 atom stereocenters. The third-order valence-corrected chi connectivity index (χ3v) is 4.31. The summed E-state index contributed by atoms with van der Waals surface area (Å²) >= 11 is 0. The average Bonchev–Trinajstić information content (AvgIpc) is 2.73. The van der Waals surface area contributed by atoms with E-state index < -0.39 is 0 Å². The monoisotopic (exact) mass is 364 g/mol. The van der Waals surface area contributed by atoms with Crippen molar-refractivity contribution in [2.75, 3.05) is 21.3 Å². The third kappa shape index (κ3) is 4.47. The van der Waals surface area contributed by atoms with Crippen LogP contribution in [0.4, 0.5) is 0 Å². The van der Waals surface area contributed by atoms with Crippen molar-refractivity contribution in [1.82, 2.24) is 15.6 Å². The van der Waals surface area contributed by atoms with E-state index in [4.69, 9.17) is 9.47 Å². The molecule has 0 saturated carbocycles. The molecule has 1 aromatic heterocycles. The Labute approximate surface area is 159 Å². The number of fused-ring (bicyclic) bond motifs is 1. The second-order valence-electron chi connectivity index (χ2n) is 5.95. The molecule has 3 rings (SSSR count). The topological polar surface area (TPSA) is 67.8 Å². The molecular weight excluding hydrogens is 340 g/mol. The van der Waals surface area contributed by atoms with Gasteiger partial charge in [0, 0.05) is 25.2 Å². The van der Waals surface area contributed by atoms with Crippen LogP contribution in [0.3, 0.4) is 0 Å². The highest BCUT2D eigenvalue weighted by atomic mass is 16.5. The van der Waals surface area contributed by atoms with E-state index in [1.807, 2.05) is 42.6 Å². The summed E-state index contributed by atoms with van der Waals surface area (Å²) in [4.78, 5) is 8.78. The molecule has 0 radical (unpaired) electrons. The first-order valence-corrected chi connectivity index (χ1v) is 8.73. The van der Waals surface area contributed by atoms with Crippen LogP contribution in [0.25, 0.3) is 10.8 Å². The zero-order valence-corrected chi connectivity index (χ0v) is 15.8. The van der Waals surface area contributed by atoms with Crippen molar-refractivity contribution in [1.29, 1.82) is 0 Å². The van der Waals surface area contributed by atoms with Gasteiger partial charge in [0.2, 0.25) is 0 Å². The number of rotatable bonds is 6. The van der Waals surface area contributed by atoms with Crippen molar-refractivity contribution >= 4 is 16.7 Å². The normalized spacial score (nSPS) is 11.3. The molecule has 0 amide bonds. The van der Waals surface area contributed by atoms with E-state index in [-0.39, 0.29) is 0 Å². The van der Waals surface area contributed by atoms with Crippen molar-refractivity contribution in [3.63, 3.8) is 0 Å². The van der Waals surface area contributed by atoms with Crippen LogP contribution in [0.15, 0.2) is 59.7 Å². The second kappa shape index (κ2) is 8.89. The Morgan fingerprint density at radius 3 is 2.52 bits per heavy atom. The van der Waals surface area contributed by atoms with Gasteiger partial charge >= 0.3 is 0 Å². The molecule has 0 spiro atoms. The first-order valence-electron chi connectivity index (χ1n) is 8.73. The van der Waals surface area contributed by atoms with Crippen LogP contribution >= 0.6 is 0 Å². The molecule has 0 fully saturated rings. The van der Waals surface area contributed by atoms with Crippen LogP contribution < -0.4 is 20.1 Å². The molecule has 0 saturated heterocycles. The molecule has 1 heterocycles. The van der Waals surface area contributed by atoms with Gasteiger partial charge in [0.25, 0.3) is 0 Å². The summed E-state index contributed by atoms with van der Waals surface area (Å²) in [6.07, 6.45) is 1.83. The summed E-state index contributed by atoms with van der Waals surface area (Å²) in [5.74, 6) is 2.13. The van der Waals surface area contributed by atoms with Gasteiger partial charge in [0.1, 0.15) is 0 Å². The fourth-order valence-electron chi connectivity index (χ4n) is 2.89. The Morgan fingerprint density at radius 1 is 0.963 bits per heavy atom. The minimum absolute atomic E-state index is 0.590. The number of guanidine groups is 1. The van der Waals surface area contributed by atoms with Crippen LogP contribution in [0, 0.1) is 0 Å². The highest BCUT2D eigenvalue weighted by molar-refractivity contribution is 5.85. The van der Waals surface area contributed by atoms with E-state index in [0.717, 1.165) is 16.6 Å². The summed E-state index contributed by atoms with van der Waals surface area (Å²) in [5, 5.41) is 8.95. The Balaban J connectivity index is 1.63. The van der Waals surface area contributed by atoms with Gasteiger partial charge in [-0.3, -0.25) is 9.98 Å². The summed E-state index contributed by atoms with van der Waals surface area (Å²) in [7, 11) is 5.01. The summed E-state index contributed by atoms with van der Waals surface area (Å²) in [6, 6.07) is 16.1. The average molecular weight is 364 g/mol.